The summed E-state index contributed by atoms with van der Waals surface area (Å²) in [5.74, 6) is 0.166. The number of nitrogens with one attached hydrogen (secondary N) is 1. The first-order chi connectivity index (χ1) is 11.1. The Kier molecular flexibility index (Phi) is 6.86. The van der Waals surface area contributed by atoms with E-state index in [1.807, 2.05) is 18.2 Å². The van der Waals surface area contributed by atoms with E-state index in [9.17, 15) is 4.79 Å². The summed E-state index contributed by atoms with van der Waals surface area (Å²) in [5.41, 5.74) is 1.21. The Bertz CT molecular complexity index is 479. The third-order valence-electron chi connectivity index (χ3n) is 4.59. The maximum atomic E-state index is 12.1. The molecule has 0 spiro atoms. The molecule has 1 fully saturated rings. The number of likely N-dealkylation sites (N-methyl/N-ethyl adjacent to an activating group) is 2. The zero-order valence-corrected chi connectivity index (χ0v) is 14.7. The minimum Gasteiger partial charge on any atom is -0.375 e. The molecular formula is C18H30N4O. The van der Waals surface area contributed by atoms with Crippen molar-refractivity contribution in [3.05, 3.63) is 30.3 Å². The molecule has 2 rings (SSSR count). The van der Waals surface area contributed by atoms with E-state index in [2.05, 4.69) is 53.3 Å². The van der Waals surface area contributed by atoms with Gasteiger partial charge in [-0.3, -0.25) is 4.79 Å². The number of anilines is 1. The number of hydrogen-bond donors (Lipinski definition) is 1. The van der Waals surface area contributed by atoms with Crippen LogP contribution in [-0.2, 0) is 4.79 Å². The quantitative estimate of drug-likeness (QED) is 0.769. The number of nitrogens with zero attached hydrogens (tertiary/aromatic N) is 3. The molecule has 0 bridgehead atoms. The lowest BCUT2D eigenvalue weighted by Crippen LogP contribution is -2.51. The van der Waals surface area contributed by atoms with Crippen LogP contribution in [0.5, 0.6) is 0 Å². The average molecular weight is 318 g/mol. The van der Waals surface area contributed by atoms with Gasteiger partial charge in [-0.05, 0) is 32.6 Å². The highest BCUT2D eigenvalue weighted by Gasteiger charge is 2.24. The molecular weight excluding hydrogens is 288 g/mol. The third-order valence-corrected chi connectivity index (χ3v) is 4.59. The van der Waals surface area contributed by atoms with Crippen molar-refractivity contribution in [3.63, 3.8) is 0 Å². The molecule has 1 aromatic rings. The van der Waals surface area contributed by atoms with E-state index in [1.54, 1.807) is 0 Å². The minimum atomic E-state index is 0.166. The summed E-state index contributed by atoms with van der Waals surface area (Å²) >= 11 is 0. The number of amides is 1. The Labute approximate surface area is 140 Å². The van der Waals surface area contributed by atoms with Crippen molar-refractivity contribution in [3.8, 4) is 0 Å². The maximum Gasteiger partial charge on any atom is 0.221 e. The molecule has 1 amide bonds. The second-order valence-electron chi connectivity index (χ2n) is 6.56. The molecule has 1 saturated heterocycles. The Morgan fingerprint density at radius 2 is 2.00 bits per heavy atom. The number of carbonyl (C=O) groups excluding carboxylic acids is 1. The summed E-state index contributed by atoms with van der Waals surface area (Å²) in [5, 5.41) is 3.06. The van der Waals surface area contributed by atoms with Crippen molar-refractivity contribution < 1.29 is 4.79 Å². The van der Waals surface area contributed by atoms with Crippen LogP contribution in [0.15, 0.2) is 30.3 Å². The molecule has 0 saturated carbocycles. The van der Waals surface area contributed by atoms with Gasteiger partial charge in [0, 0.05) is 57.9 Å². The number of rotatable bonds is 7. The molecule has 1 N–H and O–H groups in total. The van der Waals surface area contributed by atoms with Gasteiger partial charge < -0.3 is 20.0 Å². The van der Waals surface area contributed by atoms with E-state index >= 15 is 0 Å². The summed E-state index contributed by atoms with van der Waals surface area (Å²) in [6.07, 6.45) is 1.55. The largest absolute Gasteiger partial charge is 0.375 e. The van der Waals surface area contributed by atoms with Crippen LogP contribution in [0.1, 0.15) is 12.8 Å². The zero-order valence-electron chi connectivity index (χ0n) is 14.7. The van der Waals surface area contributed by atoms with Crippen LogP contribution in [0, 0.1) is 0 Å². The van der Waals surface area contributed by atoms with Gasteiger partial charge in [0.25, 0.3) is 0 Å². The summed E-state index contributed by atoms with van der Waals surface area (Å²) < 4.78 is 0. The van der Waals surface area contributed by atoms with Gasteiger partial charge in [0.15, 0.2) is 0 Å². The van der Waals surface area contributed by atoms with Crippen LogP contribution in [0.2, 0.25) is 0 Å². The van der Waals surface area contributed by atoms with E-state index in [1.165, 1.54) is 5.69 Å². The molecule has 5 heteroatoms. The molecule has 1 atom stereocenters. The molecule has 0 unspecified atom stereocenters. The van der Waals surface area contributed by atoms with E-state index in [0.717, 1.165) is 39.1 Å². The van der Waals surface area contributed by atoms with Gasteiger partial charge in [-0.25, -0.2) is 0 Å². The van der Waals surface area contributed by atoms with Gasteiger partial charge in [-0.1, -0.05) is 18.2 Å². The lowest BCUT2D eigenvalue weighted by atomic mass is 10.1. The second kappa shape index (κ2) is 8.89. The standard InChI is InChI=1S/C18H30N4O/c1-20-12-13-22(3)17(15-20)14-18(23)19-10-7-11-21(2)16-8-5-4-6-9-16/h4-6,8-9,17H,7,10-15H2,1-3H3,(H,19,23)/t17-/m1/s1. The molecule has 1 heterocycles. The van der Waals surface area contributed by atoms with Crippen molar-refractivity contribution in [1.82, 2.24) is 15.1 Å². The van der Waals surface area contributed by atoms with Gasteiger partial charge in [0.05, 0.1) is 0 Å². The molecule has 1 aromatic carbocycles. The Hall–Kier alpha value is -1.59. The highest BCUT2D eigenvalue weighted by Crippen LogP contribution is 2.11. The van der Waals surface area contributed by atoms with Gasteiger partial charge in [-0.2, -0.15) is 0 Å². The summed E-state index contributed by atoms with van der Waals surface area (Å²) in [6.45, 7) is 4.77. The van der Waals surface area contributed by atoms with E-state index in [-0.39, 0.29) is 5.91 Å². The highest BCUT2D eigenvalue weighted by atomic mass is 16.1. The SMILES string of the molecule is CN1CCN(C)[C@H](CC(=O)NCCCN(C)c2ccccc2)C1. The fourth-order valence-corrected chi connectivity index (χ4v) is 2.96. The lowest BCUT2D eigenvalue weighted by Gasteiger charge is -2.37. The third kappa shape index (κ3) is 5.84. The molecule has 23 heavy (non-hydrogen) atoms. The van der Waals surface area contributed by atoms with Crippen LogP contribution < -0.4 is 10.2 Å². The number of piperazine rings is 1. The molecule has 128 valence electrons. The van der Waals surface area contributed by atoms with Crippen molar-refractivity contribution in [2.75, 3.05) is 58.8 Å². The van der Waals surface area contributed by atoms with Gasteiger partial charge in [0.1, 0.15) is 0 Å². The van der Waals surface area contributed by atoms with Crippen LogP contribution >= 0.6 is 0 Å². The number of para-hydroxylation sites is 1. The van der Waals surface area contributed by atoms with Gasteiger partial charge >= 0.3 is 0 Å². The predicted molar refractivity (Wildman–Crippen MR) is 95.9 cm³/mol. The first-order valence-corrected chi connectivity index (χ1v) is 8.48. The number of hydrogen-bond acceptors (Lipinski definition) is 4. The van der Waals surface area contributed by atoms with E-state index in [4.69, 9.17) is 0 Å². The first kappa shape index (κ1) is 17.8. The topological polar surface area (TPSA) is 38.8 Å². The normalized spacial score (nSPS) is 19.5. The molecule has 5 nitrogen and oxygen atoms in total. The minimum absolute atomic E-state index is 0.166. The van der Waals surface area contributed by atoms with Crippen molar-refractivity contribution in [2.45, 2.75) is 18.9 Å². The predicted octanol–water partition coefficient (Wildman–Crippen LogP) is 1.27. The van der Waals surface area contributed by atoms with E-state index < -0.39 is 0 Å². The maximum absolute atomic E-state index is 12.1. The number of benzene rings is 1. The monoisotopic (exact) mass is 318 g/mol. The van der Waals surface area contributed by atoms with Gasteiger partial charge in [0.2, 0.25) is 5.91 Å². The zero-order chi connectivity index (χ0) is 16.7. The highest BCUT2D eigenvalue weighted by molar-refractivity contribution is 5.76. The van der Waals surface area contributed by atoms with Crippen LogP contribution in [0.3, 0.4) is 0 Å². The van der Waals surface area contributed by atoms with Crippen LogP contribution in [-0.4, -0.2) is 75.6 Å². The molecule has 0 aromatic heterocycles. The Balaban J connectivity index is 1.63. The first-order valence-electron chi connectivity index (χ1n) is 8.48. The lowest BCUT2D eigenvalue weighted by molar-refractivity contribution is -0.122. The summed E-state index contributed by atoms with van der Waals surface area (Å²) in [7, 11) is 6.32. The Morgan fingerprint density at radius 3 is 2.74 bits per heavy atom. The summed E-state index contributed by atoms with van der Waals surface area (Å²) in [4.78, 5) is 18.9. The van der Waals surface area contributed by atoms with E-state index in [0.29, 0.717) is 12.5 Å². The van der Waals surface area contributed by atoms with Crippen molar-refractivity contribution in [2.24, 2.45) is 0 Å². The fourth-order valence-electron chi connectivity index (χ4n) is 2.96. The second-order valence-corrected chi connectivity index (χ2v) is 6.56. The number of carbonyl (C=O) groups is 1. The average Bonchev–Trinajstić information content (AvgIpc) is 2.55. The van der Waals surface area contributed by atoms with Crippen LogP contribution in [0.25, 0.3) is 0 Å². The molecule has 0 radical (unpaired) electrons. The van der Waals surface area contributed by atoms with Crippen molar-refractivity contribution in [1.29, 1.82) is 0 Å². The Morgan fingerprint density at radius 1 is 1.26 bits per heavy atom. The fraction of sp³-hybridized carbons (Fsp3) is 0.611. The van der Waals surface area contributed by atoms with Crippen molar-refractivity contribution >= 4 is 11.6 Å². The molecule has 0 aliphatic carbocycles. The van der Waals surface area contributed by atoms with Crippen LogP contribution in [0.4, 0.5) is 5.69 Å². The summed E-state index contributed by atoms with van der Waals surface area (Å²) in [6, 6.07) is 10.7. The smallest absolute Gasteiger partial charge is 0.221 e. The molecule has 1 aliphatic heterocycles. The molecule has 1 aliphatic rings. The van der Waals surface area contributed by atoms with Gasteiger partial charge in [-0.15, -0.1) is 0 Å².